The first-order valence-corrected chi connectivity index (χ1v) is 10.1. The first-order chi connectivity index (χ1) is 12.2. The molecule has 0 aliphatic heterocycles. The van der Waals surface area contributed by atoms with Crippen molar-refractivity contribution in [2.45, 2.75) is 13.3 Å². The fourth-order valence-electron chi connectivity index (χ4n) is 2.56. The molecular weight excluding hydrogens is 379 g/mol. The molecule has 0 radical (unpaired) electrons. The van der Waals surface area contributed by atoms with Crippen LogP contribution in [0.1, 0.15) is 11.1 Å². The van der Waals surface area contributed by atoms with Gasteiger partial charge in [-0.2, -0.15) is 0 Å². The molecule has 1 amide bonds. The number of nitrogens with zero attached hydrogens (tertiary/aromatic N) is 1. The molecule has 5 nitrogen and oxygen atoms in total. The van der Waals surface area contributed by atoms with E-state index in [-0.39, 0.29) is 25.4 Å². The van der Waals surface area contributed by atoms with Gasteiger partial charge in [0.2, 0.25) is 15.9 Å². The highest BCUT2D eigenvalue weighted by Gasteiger charge is 2.19. The molecular formula is C18H20ClFN2O3S. The normalized spacial score (nSPS) is 11.2. The topological polar surface area (TPSA) is 66.5 Å². The Hall–Kier alpha value is -2.12. The van der Waals surface area contributed by atoms with Crippen molar-refractivity contribution >= 4 is 33.2 Å². The Kier molecular flexibility index (Phi) is 6.61. The van der Waals surface area contributed by atoms with Crippen molar-refractivity contribution < 1.29 is 17.6 Å². The molecule has 2 aromatic carbocycles. The van der Waals surface area contributed by atoms with Gasteiger partial charge in [0.05, 0.1) is 24.9 Å². The maximum Gasteiger partial charge on any atom is 0.232 e. The molecule has 0 aliphatic carbocycles. The van der Waals surface area contributed by atoms with Gasteiger partial charge >= 0.3 is 0 Å². The molecule has 0 spiro atoms. The molecule has 1 N–H and O–H groups in total. The zero-order valence-electron chi connectivity index (χ0n) is 14.5. The number of hydrogen-bond donors (Lipinski definition) is 1. The van der Waals surface area contributed by atoms with Gasteiger partial charge in [0.1, 0.15) is 5.82 Å². The highest BCUT2D eigenvalue weighted by Crippen LogP contribution is 2.25. The molecule has 2 rings (SSSR count). The maximum atomic E-state index is 13.1. The van der Waals surface area contributed by atoms with Crippen molar-refractivity contribution in [3.63, 3.8) is 0 Å². The highest BCUT2D eigenvalue weighted by atomic mass is 35.5. The van der Waals surface area contributed by atoms with Crippen molar-refractivity contribution in [2.24, 2.45) is 0 Å². The molecule has 0 fully saturated rings. The van der Waals surface area contributed by atoms with Crippen molar-refractivity contribution in [3.8, 4) is 0 Å². The minimum absolute atomic E-state index is 0.0244. The third-order valence-corrected chi connectivity index (χ3v) is 5.13. The Balaban J connectivity index is 2.01. The summed E-state index contributed by atoms with van der Waals surface area (Å²) in [6.07, 6.45) is 1.13. The number of aryl methyl sites for hydroxylation is 1. The van der Waals surface area contributed by atoms with Crippen LogP contribution in [0, 0.1) is 12.7 Å². The summed E-state index contributed by atoms with van der Waals surface area (Å²) >= 11 is 5.92. The van der Waals surface area contributed by atoms with Gasteiger partial charge in [-0.15, -0.1) is 0 Å². The average molecular weight is 399 g/mol. The number of hydrogen-bond acceptors (Lipinski definition) is 3. The van der Waals surface area contributed by atoms with Gasteiger partial charge in [0, 0.05) is 11.6 Å². The monoisotopic (exact) mass is 398 g/mol. The van der Waals surface area contributed by atoms with E-state index in [2.05, 4.69) is 5.32 Å². The van der Waals surface area contributed by atoms with Crippen LogP contribution < -0.4 is 9.62 Å². The van der Waals surface area contributed by atoms with E-state index < -0.39 is 15.8 Å². The number of amides is 1. The molecule has 0 aromatic heterocycles. The van der Waals surface area contributed by atoms with Crippen LogP contribution in [0.4, 0.5) is 10.1 Å². The van der Waals surface area contributed by atoms with Crippen LogP contribution in [0.3, 0.4) is 0 Å². The van der Waals surface area contributed by atoms with Gasteiger partial charge in [-0.25, -0.2) is 12.8 Å². The third-order valence-electron chi connectivity index (χ3n) is 3.72. The van der Waals surface area contributed by atoms with E-state index in [0.717, 1.165) is 6.26 Å². The molecule has 0 aliphatic rings. The van der Waals surface area contributed by atoms with Crippen LogP contribution >= 0.6 is 11.6 Å². The Morgan fingerprint density at radius 1 is 1.23 bits per heavy atom. The summed E-state index contributed by atoms with van der Waals surface area (Å²) < 4.78 is 38.6. The van der Waals surface area contributed by atoms with Gasteiger partial charge in [-0.1, -0.05) is 23.7 Å². The van der Waals surface area contributed by atoms with Crippen molar-refractivity contribution in [1.82, 2.24) is 5.32 Å². The second kappa shape index (κ2) is 8.51. The van der Waals surface area contributed by atoms with Crippen molar-refractivity contribution in [3.05, 3.63) is 64.4 Å². The Bertz CT molecular complexity index is 903. The molecule has 0 atom stereocenters. The van der Waals surface area contributed by atoms with Gasteiger partial charge < -0.3 is 5.32 Å². The van der Waals surface area contributed by atoms with Crippen LogP contribution in [0.15, 0.2) is 42.5 Å². The number of nitrogens with one attached hydrogen (secondary N) is 1. The third kappa shape index (κ3) is 5.71. The van der Waals surface area contributed by atoms with E-state index in [9.17, 15) is 17.6 Å². The number of rotatable bonds is 7. The van der Waals surface area contributed by atoms with Crippen LogP contribution in [0.5, 0.6) is 0 Å². The van der Waals surface area contributed by atoms with E-state index >= 15 is 0 Å². The first-order valence-electron chi connectivity index (χ1n) is 7.92. The number of carbonyl (C=O) groups excluding carboxylic acids is 1. The summed E-state index contributed by atoms with van der Waals surface area (Å²) in [6.45, 7) is 1.97. The van der Waals surface area contributed by atoms with Gasteiger partial charge in [-0.3, -0.25) is 9.10 Å². The molecule has 0 saturated carbocycles. The van der Waals surface area contributed by atoms with Crippen LogP contribution in [0.2, 0.25) is 5.02 Å². The highest BCUT2D eigenvalue weighted by molar-refractivity contribution is 7.92. The lowest BCUT2D eigenvalue weighted by atomic mass is 10.1. The second-order valence-corrected chi connectivity index (χ2v) is 8.27. The first kappa shape index (κ1) is 20.2. The lowest BCUT2D eigenvalue weighted by Gasteiger charge is -2.24. The smallest absolute Gasteiger partial charge is 0.232 e. The van der Waals surface area contributed by atoms with E-state index in [0.29, 0.717) is 21.8 Å². The lowest BCUT2D eigenvalue weighted by Crippen LogP contribution is -2.38. The summed E-state index contributed by atoms with van der Waals surface area (Å²) in [5, 5.41) is 3.18. The van der Waals surface area contributed by atoms with Gasteiger partial charge in [0.25, 0.3) is 0 Å². The average Bonchev–Trinajstić information content (AvgIpc) is 2.51. The van der Waals surface area contributed by atoms with Crippen LogP contribution in [-0.2, 0) is 21.2 Å². The molecule has 0 heterocycles. The van der Waals surface area contributed by atoms with E-state index in [1.54, 1.807) is 31.2 Å². The van der Waals surface area contributed by atoms with Crippen molar-refractivity contribution in [2.75, 3.05) is 23.7 Å². The fourth-order valence-corrected chi connectivity index (χ4v) is 3.77. The lowest BCUT2D eigenvalue weighted by molar-refractivity contribution is -0.120. The van der Waals surface area contributed by atoms with E-state index in [4.69, 9.17) is 11.6 Å². The SMILES string of the molecule is Cc1cc(Cl)ccc1N(CCNC(=O)Cc1cccc(F)c1)S(C)(=O)=O. The fraction of sp³-hybridized carbons (Fsp3) is 0.278. The van der Waals surface area contributed by atoms with Gasteiger partial charge in [0.15, 0.2) is 0 Å². The van der Waals surface area contributed by atoms with E-state index in [1.807, 2.05) is 0 Å². The predicted octanol–water partition coefficient (Wildman–Crippen LogP) is 2.91. The van der Waals surface area contributed by atoms with Gasteiger partial charge in [-0.05, 0) is 48.4 Å². The number of halogens is 2. The zero-order valence-corrected chi connectivity index (χ0v) is 16.1. The van der Waals surface area contributed by atoms with Crippen LogP contribution in [-0.4, -0.2) is 33.7 Å². The number of benzene rings is 2. The molecule has 0 unspecified atom stereocenters. The summed E-state index contributed by atoms with van der Waals surface area (Å²) in [5.74, 6) is -0.714. The molecule has 0 saturated heterocycles. The zero-order chi connectivity index (χ0) is 19.3. The second-order valence-electron chi connectivity index (χ2n) is 5.92. The minimum Gasteiger partial charge on any atom is -0.354 e. The van der Waals surface area contributed by atoms with Crippen molar-refractivity contribution in [1.29, 1.82) is 0 Å². The number of anilines is 1. The van der Waals surface area contributed by atoms with E-state index in [1.165, 1.54) is 22.5 Å². The van der Waals surface area contributed by atoms with Crippen LogP contribution in [0.25, 0.3) is 0 Å². The molecule has 2 aromatic rings. The molecule has 26 heavy (non-hydrogen) atoms. The largest absolute Gasteiger partial charge is 0.354 e. The molecule has 8 heteroatoms. The standard InChI is InChI=1S/C18H20ClFN2O3S/c1-13-10-15(19)6-7-17(13)22(26(2,24)25)9-8-21-18(23)12-14-4-3-5-16(20)11-14/h3-7,10-11H,8-9,12H2,1-2H3,(H,21,23). The summed E-state index contributed by atoms with van der Waals surface area (Å²) in [6, 6.07) is 10.7. The molecule has 140 valence electrons. The summed E-state index contributed by atoms with van der Waals surface area (Å²) in [5.41, 5.74) is 1.78. The Morgan fingerprint density at radius 2 is 1.96 bits per heavy atom. The summed E-state index contributed by atoms with van der Waals surface area (Å²) in [4.78, 5) is 12.0. The Morgan fingerprint density at radius 3 is 2.58 bits per heavy atom. The molecule has 0 bridgehead atoms. The quantitative estimate of drug-likeness (QED) is 0.779. The maximum absolute atomic E-state index is 13.1. The number of carbonyl (C=O) groups is 1. The summed E-state index contributed by atoms with van der Waals surface area (Å²) in [7, 11) is -3.53. The Labute approximate surface area is 157 Å². The minimum atomic E-state index is -3.53. The number of sulfonamides is 1. The predicted molar refractivity (Wildman–Crippen MR) is 101 cm³/mol.